The van der Waals surface area contributed by atoms with Crippen molar-refractivity contribution in [2.45, 2.75) is 32.7 Å². The van der Waals surface area contributed by atoms with E-state index in [9.17, 15) is 13.2 Å². The number of nitrogens with one attached hydrogen (secondary N) is 1. The minimum Gasteiger partial charge on any atom is -0.349 e. The Labute approximate surface area is 160 Å². The highest BCUT2D eigenvalue weighted by molar-refractivity contribution is 7.88. The summed E-state index contributed by atoms with van der Waals surface area (Å²) >= 11 is 0. The molecule has 0 aliphatic carbocycles. The number of imidazole rings is 1. The molecule has 7 nitrogen and oxygen atoms in total. The fourth-order valence-electron chi connectivity index (χ4n) is 3.44. The Balaban J connectivity index is 1.58. The summed E-state index contributed by atoms with van der Waals surface area (Å²) < 4.78 is 26.6. The van der Waals surface area contributed by atoms with E-state index in [0.29, 0.717) is 25.9 Å². The number of hydrogen-bond acceptors (Lipinski definition) is 4. The van der Waals surface area contributed by atoms with Crippen LogP contribution in [0.4, 0.5) is 0 Å². The van der Waals surface area contributed by atoms with Gasteiger partial charge in [-0.3, -0.25) is 4.79 Å². The molecule has 0 bridgehead atoms. The number of aromatic nitrogens is 2. The number of amides is 1. The Bertz CT molecular complexity index is 897. The maximum atomic E-state index is 12.5. The van der Waals surface area contributed by atoms with E-state index in [1.807, 2.05) is 48.9 Å². The van der Waals surface area contributed by atoms with Gasteiger partial charge in [0.05, 0.1) is 12.3 Å². The highest BCUT2D eigenvalue weighted by atomic mass is 32.2. The van der Waals surface area contributed by atoms with Crippen molar-refractivity contribution >= 4 is 15.9 Å². The Morgan fingerprint density at radius 3 is 2.37 bits per heavy atom. The summed E-state index contributed by atoms with van der Waals surface area (Å²) in [6, 6.07) is 7.93. The van der Waals surface area contributed by atoms with E-state index < -0.39 is 10.0 Å². The molecule has 1 N–H and O–H groups in total. The molecule has 27 heavy (non-hydrogen) atoms. The van der Waals surface area contributed by atoms with E-state index in [-0.39, 0.29) is 17.9 Å². The molecule has 1 fully saturated rings. The maximum absolute atomic E-state index is 12.5. The van der Waals surface area contributed by atoms with Crippen LogP contribution in [-0.2, 0) is 14.8 Å². The zero-order valence-corrected chi connectivity index (χ0v) is 16.7. The first-order valence-corrected chi connectivity index (χ1v) is 11.0. The lowest BCUT2D eigenvalue weighted by atomic mass is 9.96. The van der Waals surface area contributed by atoms with Crippen molar-refractivity contribution in [2.24, 2.45) is 5.92 Å². The molecule has 1 aliphatic rings. The van der Waals surface area contributed by atoms with E-state index in [1.54, 1.807) is 6.20 Å². The number of carbonyl (C=O) groups excluding carboxylic acids is 1. The standard InChI is InChI=1S/C19H26N4O3S/c1-14(16-4-6-18(7-5-16)23-13-10-20-15(23)2)21-19(24)17-8-11-22(12-9-17)27(3,25)26/h4-7,10,13-14,17H,8-9,11-12H2,1-3H3,(H,21,24)/t14-/m1/s1. The summed E-state index contributed by atoms with van der Waals surface area (Å²) in [6.45, 7) is 4.72. The van der Waals surface area contributed by atoms with Crippen LogP contribution in [0, 0.1) is 12.8 Å². The molecule has 0 unspecified atom stereocenters. The van der Waals surface area contributed by atoms with Crippen molar-refractivity contribution in [1.29, 1.82) is 0 Å². The minimum absolute atomic E-state index is 0.00909. The number of rotatable bonds is 5. The molecule has 0 spiro atoms. The van der Waals surface area contributed by atoms with Gasteiger partial charge in [0, 0.05) is 37.1 Å². The van der Waals surface area contributed by atoms with Crippen molar-refractivity contribution in [3.8, 4) is 5.69 Å². The second-order valence-corrected chi connectivity index (χ2v) is 9.09. The number of piperidine rings is 1. The molecular formula is C19H26N4O3S. The molecule has 1 saturated heterocycles. The van der Waals surface area contributed by atoms with Crippen LogP contribution in [0.5, 0.6) is 0 Å². The van der Waals surface area contributed by atoms with Gasteiger partial charge in [-0.25, -0.2) is 17.7 Å². The van der Waals surface area contributed by atoms with Gasteiger partial charge in [-0.05, 0) is 44.4 Å². The van der Waals surface area contributed by atoms with Crippen LogP contribution < -0.4 is 5.32 Å². The van der Waals surface area contributed by atoms with Crippen LogP contribution in [0.3, 0.4) is 0 Å². The van der Waals surface area contributed by atoms with Crippen molar-refractivity contribution < 1.29 is 13.2 Å². The van der Waals surface area contributed by atoms with Gasteiger partial charge < -0.3 is 9.88 Å². The first-order chi connectivity index (χ1) is 12.8. The number of nitrogens with zero attached hydrogens (tertiary/aromatic N) is 3. The molecule has 0 saturated carbocycles. The minimum atomic E-state index is -3.17. The summed E-state index contributed by atoms with van der Waals surface area (Å²) in [5, 5.41) is 3.06. The van der Waals surface area contributed by atoms with E-state index in [1.165, 1.54) is 10.6 Å². The van der Waals surface area contributed by atoms with Crippen LogP contribution in [0.1, 0.15) is 37.2 Å². The predicted octanol–water partition coefficient (Wildman–Crippen LogP) is 2.03. The normalized spacial score (nSPS) is 17.6. The number of aryl methyl sites for hydroxylation is 1. The lowest BCUT2D eigenvalue weighted by Gasteiger charge is -2.30. The molecule has 146 valence electrons. The topological polar surface area (TPSA) is 84.3 Å². The third-order valence-electron chi connectivity index (χ3n) is 5.15. The third kappa shape index (κ3) is 4.56. The quantitative estimate of drug-likeness (QED) is 0.847. The zero-order valence-electron chi connectivity index (χ0n) is 15.9. The predicted molar refractivity (Wildman–Crippen MR) is 104 cm³/mol. The van der Waals surface area contributed by atoms with Gasteiger partial charge in [0.25, 0.3) is 0 Å². The monoisotopic (exact) mass is 390 g/mol. The van der Waals surface area contributed by atoms with Crippen LogP contribution in [0.2, 0.25) is 0 Å². The number of sulfonamides is 1. The highest BCUT2D eigenvalue weighted by Crippen LogP contribution is 2.22. The Morgan fingerprint density at radius 2 is 1.85 bits per heavy atom. The van der Waals surface area contributed by atoms with Crippen molar-refractivity contribution in [1.82, 2.24) is 19.2 Å². The number of hydrogen-bond donors (Lipinski definition) is 1. The molecule has 1 aromatic heterocycles. The Kier molecular flexibility index (Phi) is 5.67. The lowest BCUT2D eigenvalue weighted by molar-refractivity contribution is -0.126. The van der Waals surface area contributed by atoms with E-state index in [4.69, 9.17) is 0 Å². The maximum Gasteiger partial charge on any atom is 0.223 e. The molecule has 3 rings (SSSR count). The average Bonchev–Trinajstić information content (AvgIpc) is 3.07. The van der Waals surface area contributed by atoms with Gasteiger partial charge in [0.2, 0.25) is 15.9 Å². The number of carbonyl (C=O) groups is 1. The van der Waals surface area contributed by atoms with E-state index in [2.05, 4.69) is 10.3 Å². The summed E-state index contributed by atoms with van der Waals surface area (Å²) in [5.74, 6) is 0.771. The van der Waals surface area contributed by atoms with Gasteiger partial charge >= 0.3 is 0 Å². The van der Waals surface area contributed by atoms with Crippen molar-refractivity contribution in [3.63, 3.8) is 0 Å². The largest absolute Gasteiger partial charge is 0.349 e. The molecular weight excluding hydrogens is 364 g/mol. The summed E-state index contributed by atoms with van der Waals surface area (Å²) in [4.78, 5) is 16.8. The first-order valence-electron chi connectivity index (χ1n) is 9.11. The van der Waals surface area contributed by atoms with Crippen LogP contribution >= 0.6 is 0 Å². The molecule has 0 radical (unpaired) electrons. The first kappa shape index (κ1) is 19.6. The third-order valence-corrected chi connectivity index (χ3v) is 6.45. The smallest absolute Gasteiger partial charge is 0.223 e. The van der Waals surface area contributed by atoms with E-state index in [0.717, 1.165) is 17.1 Å². The molecule has 1 amide bonds. The lowest BCUT2D eigenvalue weighted by Crippen LogP contribution is -2.43. The number of benzene rings is 1. The van der Waals surface area contributed by atoms with Gasteiger partial charge in [0.1, 0.15) is 5.82 Å². The molecule has 8 heteroatoms. The summed E-state index contributed by atoms with van der Waals surface area (Å²) in [7, 11) is -3.17. The van der Waals surface area contributed by atoms with Gasteiger partial charge in [-0.2, -0.15) is 0 Å². The van der Waals surface area contributed by atoms with E-state index >= 15 is 0 Å². The van der Waals surface area contributed by atoms with Crippen LogP contribution in [0.15, 0.2) is 36.7 Å². The average molecular weight is 391 g/mol. The molecule has 1 atom stereocenters. The Hall–Kier alpha value is -2.19. The van der Waals surface area contributed by atoms with Crippen molar-refractivity contribution in [2.75, 3.05) is 19.3 Å². The second kappa shape index (κ2) is 7.82. The van der Waals surface area contributed by atoms with Gasteiger partial charge in [-0.15, -0.1) is 0 Å². The molecule has 2 aromatic rings. The van der Waals surface area contributed by atoms with Crippen molar-refractivity contribution in [3.05, 3.63) is 48.0 Å². The van der Waals surface area contributed by atoms with Crippen LogP contribution in [0.25, 0.3) is 5.69 Å². The second-order valence-electron chi connectivity index (χ2n) is 7.10. The Morgan fingerprint density at radius 1 is 1.22 bits per heavy atom. The fraction of sp³-hybridized carbons (Fsp3) is 0.474. The highest BCUT2D eigenvalue weighted by Gasteiger charge is 2.29. The molecule has 1 aromatic carbocycles. The van der Waals surface area contributed by atoms with Crippen LogP contribution in [-0.4, -0.2) is 47.5 Å². The molecule has 1 aliphatic heterocycles. The fourth-order valence-corrected chi connectivity index (χ4v) is 4.31. The van der Waals surface area contributed by atoms with Gasteiger partial charge in [0.15, 0.2) is 0 Å². The zero-order chi connectivity index (χ0) is 19.6. The SMILES string of the molecule is Cc1nccn1-c1ccc([C@@H](C)NC(=O)C2CCN(S(C)(=O)=O)CC2)cc1. The van der Waals surface area contributed by atoms with Gasteiger partial charge in [-0.1, -0.05) is 12.1 Å². The summed E-state index contributed by atoms with van der Waals surface area (Å²) in [5.41, 5.74) is 2.05. The summed E-state index contributed by atoms with van der Waals surface area (Å²) in [6.07, 6.45) is 6.01. The molecule has 2 heterocycles.